The first-order valence-corrected chi connectivity index (χ1v) is 8.53. The number of nitrogens with one attached hydrogen (secondary N) is 2. The molecule has 4 heteroatoms. The normalized spacial score (nSPS) is 10.3. The van der Waals surface area contributed by atoms with Crippen LogP contribution in [0, 0.1) is 11.8 Å². The van der Waals surface area contributed by atoms with Gasteiger partial charge in [0.15, 0.2) is 0 Å². The molecule has 0 amide bonds. The Labute approximate surface area is 152 Å². The van der Waals surface area contributed by atoms with Gasteiger partial charge in [0.1, 0.15) is 0 Å². The first-order chi connectivity index (χ1) is 12.9. The molecule has 126 valence electrons. The second-order valence-electron chi connectivity index (χ2n) is 5.81. The topological polar surface area (TPSA) is 49.8 Å². The molecule has 2 heterocycles. The van der Waals surface area contributed by atoms with Gasteiger partial charge in [-0.25, -0.2) is 0 Å². The molecule has 0 spiro atoms. The molecule has 0 aliphatic carbocycles. The van der Waals surface area contributed by atoms with E-state index in [0.29, 0.717) is 13.1 Å². The molecule has 0 atom stereocenters. The average Bonchev–Trinajstić information content (AvgIpc) is 2.71. The average molecular weight is 338 g/mol. The largest absolute Gasteiger partial charge is 0.374 e. The van der Waals surface area contributed by atoms with E-state index in [1.807, 2.05) is 60.9 Å². The first-order valence-electron chi connectivity index (χ1n) is 8.53. The molecule has 4 aromatic rings. The van der Waals surface area contributed by atoms with E-state index < -0.39 is 0 Å². The molecular weight excluding hydrogens is 320 g/mol. The summed E-state index contributed by atoms with van der Waals surface area (Å²) in [5.74, 6) is 6.31. The Morgan fingerprint density at radius 3 is 1.58 bits per heavy atom. The monoisotopic (exact) mass is 338 g/mol. The van der Waals surface area contributed by atoms with E-state index in [0.717, 1.165) is 33.2 Å². The fraction of sp³-hybridized carbons (Fsp3) is 0.0909. The number of fused-ring (bicyclic) bond motifs is 2. The Kier molecular flexibility index (Phi) is 4.62. The molecular formula is C22H18N4. The van der Waals surface area contributed by atoms with E-state index in [4.69, 9.17) is 0 Å². The number of benzene rings is 2. The lowest BCUT2D eigenvalue weighted by Crippen LogP contribution is -2.02. The second kappa shape index (κ2) is 7.54. The van der Waals surface area contributed by atoms with Gasteiger partial charge in [0.2, 0.25) is 0 Å². The number of hydrogen-bond donors (Lipinski definition) is 2. The Morgan fingerprint density at radius 1 is 0.615 bits per heavy atom. The highest BCUT2D eigenvalue weighted by Gasteiger charge is 2.00. The van der Waals surface area contributed by atoms with Crippen LogP contribution in [-0.2, 0) is 0 Å². The van der Waals surface area contributed by atoms with Crippen molar-refractivity contribution < 1.29 is 0 Å². The number of rotatable bonds is 4. The van der Waals surface area contributed by atoms with Gasteiger partial charge in [-0.1, -0.05) is 48.2 Å². The minimum absolute atomic E-state index is 0.590. The van der Waals surface area contributed by atoms with Crippen molar-refractivity contribution >= 4 is 33.2 Å². The summed E-state index contributed by atoms with van der Waals surface area (Å²) < 4.78 is 0. The molecule has 0 fully saturated rings. The molecule has 0 aliphatic rings. The number of hydrogen-bond acceptors (Lipinski definition) is 4. The third-order valence-electron chi connectivity index (χ3n) is 4.16. The molecule has 0 unspecified atom stereocenters. The Balaban J connectivity index is 1.37. The van der Waals surface area contributed by atoms with E-state index in [1.54, 1.807) is 0 Å². The van der Waals surface area contributed by atoms with Crippen LogP contribution < -0.4 is 10.6 Å². The summed E-state index contributed by atoms with van der Waals surface area (Å²) in [6.07, 6.45) is 3.63. The Hall–Kier alpha value is -3.58. The first kappa shape index (κ1) is 15.9. The predicted molar refractivity (Wildman–Crippen MR) is 108 cm³/mol. The molecule has 2 aromatic carbocycles. The zero-order valence-corrected chi connectivity index (χ0v) is 14.2. The fourth-order valence-electron chi connectivity index (χ4n) is 2.90. The van der Waals surface area contributed by atoms with Gasteiger partial charge in [-0.15, -0.1) is 0 Å². The molecule has 0 saturated carbocycles. The van der Waals surface area contributed by atoms with Crippen LogP contribution in [0.3, 0.4) is 0 Å². The Morgan fingerprint density at radius 2 is 1.08 bits per heavy atom. The zero-order valence-electron chi connectivity index (χ0n) is 14.2. The van der Waals surface area contributed by atoms with Crippen molar-refractivity contribution in [3.05, 3.63) is 73.1 Å². The highest BCUT2D eigenvalue weighted by molar-refractivity contribution is 5.91. The Bertz CT molecular complexity index is 1010. The van der Waals surface area contributed by atoms with Gasteiger partial charge in [-0.05, 0) is 24.3 Å². The molecule has 2 aromatic heterocycles. The van der Waals surface area contributed by atoms with E-state index in [-0.39, 0.29) is 0 Å². The smallest absolute Gasteiger partial charge is 0.0766 e. The van der Waals surface area contributed by atoms with E-state index >= 15 is 0 Å². The van der Waals surface area contributed by atoms with Crippen molar-refractivity contribution in [1.29, 1.82) is 0 Å². The standard InChI is InChI=1S/C22H18N4/c1-3-9-19-17(7-1)21(11-15-25-19)23-13-5-6-14-24-22-12-16-26-20-10-4-2-8-18(20)22/h1-4,7-12,15-16H,13-14H2,(H,23,25)(H,24,26). The van der Waals surface area contributed by atoms with Crippen LogP contribution in [-0.4, -0.2) is 23.1 Å². The van der Waals surface area contributed by atoms with Crippen LogP contribution >= 0.6 is 0 Å². The lowest BCUT2D eigenvalue weighted by Gasteiger charge is -2.07. The summed E-state index contributed by atoms with van der Waals surface area (Å²) in [4.78, 5) is 8.73. The lowest BCUT2D eigenvalue weighted by atomic mass is 10.2. The van der Waals surface area contributed by atoms with E-state index in [9.17, 15) is 0 Å². The van der Waals surface area contributed by atoms with Crippen molar-refractivity contribution in [2.45, 2.75) is 0 Å². The van der Waals surface area contributed by atoms with Crippen LogP contribution in [0.15, 0.2) is 73.1 Å². The van der Waals surface area contributed by atoms with Gasteiger partial charge >= 0.3 is 0 Å². The van der Waals surface area contributed by atoms with Gasteiger partial charge in [0, 0.05) is 34.5 Å². The summed E-state index contributed by atoms with van der Waals surface area (Å²) in [7, 11) is 0. The van der Waals surface area contributed by atoms with Crippen molar-refractivity contribution in [2.75, 3.05) is 23.7 Å². The van der Waals surface area contributed by atoms with Crippen molar-refractivity contribution in [1.82, 2.24) is 9.97 Å². The summed E-state index contributed by atoms with van der Waals surface area (Å²) >= 11 is 0. The molecule has 0 saturated heterocycles. The van der Waals surface area contributed by atoms with Gasteiger partial charge in [0.25, 0.3) is 0 Å². The SMILES string of the molecule is C(#CCNc1ccnc2ccccc12)CNc1ccnc2ccccc12. The molecule has 4 rings (SSSR count). The third kappa shape index (κ3) is 3.42. The van der Waals surface area contributed by atoms with Gasteiger partial charge in [-0.3, -0.25) is 9.97 Å². The maximum Gasteiger partial charge on any atom is 0.0766 e. The van der Waals surface area contributed by atoms with E-state index in [1.165, 1.54) is 0 Å². The van der Waals surface area contributed by atoms with Crippen LogP contribution in [0.1, 0.15) is 0 Å². The van der Waals surface area contributed by atoms with Crippen molar-refractivity contribution in [3.63, 3.8) is 0 Å². The number of pyridine rings is 2. The highest BCUT2D eigenvalue weighted by Crippen LogP contribution is 2.21. The summed E-state index contributed by atoms with van der Waals surface area (Å²) in [5, 5.41) is 8.95. The van der Waals surface area contributed by atoms with E-state index in [2.05, 4.69) is 44.6 Å². The van der Waals surface area contributed by atoms with Crippen molar-refractivity contribution in [2.24, 2.45) is 0 Å². The summed E-state index contributed by atoms with van der Waals surface area (Å²) in [6.45, 7) is 1.18. The van der Waals surface area contributed by atoms with Gasteiger partial charge in [0.05, 0.1) is 24.1 Å². The maximum absolute atomic E-state index is 4.37. The van der Waals surface area contributed by atoms with Crippen LogP contribution in [0.2, 0.25) is 0 Å². The molecule has 0 aliphatic heterocycles. The lowest BCUT2D eigenvalue weighted by molar-refractivity contribution is 1.33. The van der Waals surface area contributed by atoms with Gasteiger partial charge in [-0.2, -0.15) is 0 Å². The van der Waals surface area contributed by atoms with Crippen LogP contribution in [0.5, 0.6) is 0 Å². The highest BCUT2D eigenvalue weighted by atomic mass is 14.9. The van der Waals surface area contributed by atoms with Gasteiger partial charge < -0.3 is 10.6 Å². The minimum atomic E-state index is 0.590. The second-order valence-corrected chi connectivity index (χ2v) is 5.81. The molecule has 0 bridgehead atoms. The summed E-state index contributed by atoms with van der Waals surface area (Å²) in [5.41, 5.74) is 4.07. The minimum Gasteiger partial charge on any atom is -0.374 e. The molecule has 4 nitrogen and oxygen atoms in total. The number of anilines is 2. The van der Waals surface area contributed by atoms with Crippen LogP contribution in [0.4, 0.5) is 11.4 Å². The predicted octanol–water partition coefficient (Wildman–Crippen LogP) is 4.31. The van der Waals surface area contributed by atoms with Crippen molar-refractivity contribution in [3.8, 4) is 11.8 Å². The number of nitrogens with zero attached hydrogens (tertiary/aromatic N) is 2. The quantitative estimate of drug-likeness (QED) is 0.544. The zero-order chi connectivity index (χ0) is 17.6. The fourth-order valence-corrected chi connectivity index (χ4v) is 2.90. The van der Waals surface area contributed by atoms with Crippen LogP contribution in [0.25, 0.3) is 21.8 Å². The summed E-state index contributed by atoms with van der Waals surface area (Å²) in [6, 6.07) is 20.1. The maximum atomic E-state index is 4.37. The molecule has 26 heavy (non-hydrogen) atoms. The number of para-hydroxylation sites is 2. The third-order valence-corrected chi connectivity index (χ3v) is 4.16. The number of aromatic nitrogens is 2. The molecule has 0 radical (unpaired) electrons. The molecule has 2 N–H and O–H groups in total.